The molecule has 0 spiro atoms. The molecular weight excluding hydrogens is 364 g/mol. The van der Waals surface area contributed by atoms with Gasteiger partial charge in [-0.1, -0.05) is 12.1 Å². The normalized spacial score (nSPS) is 15.0. The Morgan fingerprint density at radius 3 is 2.62 bits per heavy atom. The molecule has 152 valence electrons. The van der Waals surface area contributed by atoms with Crippen LogP contribution in [0.4, 0.5) is 5.69 Å². The van der Waals surface area contributed by atoms with Crippen LogP contribution in [0.15, 0.2) is 57.7 Å². The van der Waals surface area contributed by atoms with Gasteiger partial charge in [0.2, 0.25) is 0 Å². The predicted octanol–water partition coefficient (Wildman–Crippen LogP) is 4.00. The number of hydrogen-bond donors (Lipinski definition) is 0. The van der Waals surface area contributed by atoms with Crippen LogP contribution < -0.4 is 15.3 Å². The lowest BCUT2D eigenvalue weighted by atomic mass is 10.1. The number of aryl methyl sites for hydroxylation is 2. The van der Waals surface area contributed by atoms with Crippen molar-refractivity contribution in [2.24, 2.45) is 0 Å². The van der Waals surface area contributed by atoms with E-state index in [1.807, 2.05) is 25.1 Å². The van der Waals surface area contributed by atoms with Gasteiger partial charge >= 0.3 is 5.63 Å². The van der Waals surface area contributed by atoms with Crippen molar-refractivity contribution in [1.82, 2.24) is 4.90 Å². The van der Waals surface area contributed by atoms with Crippen LogP contribution in [0.1, 0.15) is 17.5 Å². The molecule has 3 aromatic rings. The number of rotatable bonds is 6. The summed E-state index contributed by atoms with van der Waals surface area (Å²) in [4.78, 5) is 16.5. The predicted molar refractivity (Wildman–Crippen MR) is 117 cm³/mol. The molecular formula is C24H28N2O3. The monoisotopic (exact) mass is 392 g/mol. The Balaban J connectivity index is 1.23. The second-order valence-corrected chi connectivity index (χ2v) is 7.78. The van der Waals surface area contributed by atoms with Gasteiger partial charge < -0.3 is 14.1 Å². The first-order valence-electron chi connectivity index (χ1n) is 10.3. The van der Waals surface area contributed by atoms with Crippen LogP contribution >= 0.6 is 0 Å². The molecule has 2 heterocycles. The summed E-state index contributed by atoms with van der Waals surface area (Å²) in [7, 11) is 0. The SMILES string of the molecule is Cc1cccc(N2CCN(CCCOc3ccc4c(C)cc(=O)oc4c3)CC2)c1. The molecule has 29 heavy (non-hydrogen) atoms. The number of benzene rings is 2. The molecule has 0 saturated carbocycles. The summed E-state index contributed by atoms with van der Waals surface area (Å²) in [6.07, 6.45) is 0.972. The second-order valence-electron chi connectivity index (χ2n) is 7.78. The van der Waals surface area contributed by atoms with Gasteiger partial charge in [-0.25, -0.2) is 4.79 Å². The fourth-order valence-electron chi connectivity index (χ4n) is 3.93. The van der Waals surface area contributed by atoms with E-state index in [-0.39, 0.29) is 5.63 Å². The van der Waals surface area contributed by atoms with E-state index in [1.165, 1.54) is 17.3 Å². The minimum Gasteiger partial charge on any atom is -0.493 e. The average Bonchev–Trinajstić information content (AvgIpc) is 2.71. The van der Waals surface area contributed by atoms with Crippen LogP contribution in [0.3, 0.4) is 0 Å². The van der Waals surface area contributed by atoms with Crippen molar-refractivity contribution >= 4 is 16.7 Å². The quantitative estimate of drug-likeness (QED) is 0.469. The number of fused-ring (bicyclic) bond motifs is 1. The molecule has 5 heteroatoms. The van der Waals surface area contributed by atoms with E-state index in [2.05, 4.69) is 41.0 Å². The third-order valence-electron chi connectivity index (χ3n) is 5.55. The molecule has 0 amide bonds. The van der Waals surface area contributed by atoms with Gasteiger partial charge in [0.15, 0.2) is 0 Å². The number of ether oxygens (including phenoxy) is 1. The van der Waals surface area contributed by atoms with Gasteiger partial charge in [-0.3, -0.25) is 4.90 Å². The van der Waals surface area contributed by atoms with Crippen molar-refractivity contribution in [2.45, 2.75) is 20.3 Å². The molecule has 5 nitrogen and oxygen atoms in total. The number of anilines is 1. The summed E-state index contributed by atoms with van der Waals surface area (Å²) >= 11 is 0. The summed E-state index contributed by atoms with van der Waals surface area (Å²) in [6.45, 7) is 10.0. The van der Waals surface area contributed by atoms with E-state index < -0.39 is 0 Å². The van der Waals surface area contributed by atoms with Crippen LogP contribution in [0.5, 0.6) is 5.75 Å². The van der Waals surface area contributed by atoms with Gasteiger partial charge in [0.05, 0.1) is 6.61 Å². The van der Waals surface area contributed by atoms with E-state index in [0.29, 0.717) is 12.2 Å². The minimum absolute atomic E-state index is 0.322. The molecule has 0 bridgehead atoms. The Bertz CT molecular complexity index is 1040. The van der Waals surface area contributed by atoms with E-state index in [9.17, 15) is 4.79 Å². The maximum atomic E-state index is 11.6. The number of hydrogen-bond acceptors (Lipinski definition) is 5. The molecule has 1 fully saturated rings. The zero-order valence-corrected chi connectivity index (χ0v) is 17.2. The lowest BCUT2D eigenvalue weighted by Gasteiger charge is -2.36. The van der Waals surface area contributed by atoms with Crippen LogP contribution in [-0.2, 0) is 0 Å². The van der Waals surface area contributed by atoms with Crippen molar-refractivity contribution in [3.05, 3.63) is 70.1 Å². The van der Waals surface area contributed by atoms with Gasteiger partial charge in [-0.15, -0.1) is 0 Å². The topological polar surface area (TPSA) is 45.9 Å². The summed E-state index contributed by atoms with van der Waals surface area (Å²) in [6, 6.07) is 16.0. The summed E-state index contributed by atoms with van der Waals surface area (Å²) in [5.41, 5.74) is 3.82. The Morgan fingerprint density at radius 1 is 1.00 bits per heavy atom. The molecule has 1 aliphatic rings. The van der Waals surface area contributed by atoms with Crippen LogP contribution in [0, 0.1) is 13.8 Å². The van der Waals surface area contributed by atoms with Crippen molar-refractivity contribution in [1.29, 1.82) is 0 Å². The van der Waals surface area contributed by atoms with Crippen molar-refractivity contribution in [2.75, 3.05) is 44.2 Å². The maximum Gasteiger partial charge on any atom is 0.336 e. The van der Waals surface area contributed by atoms with E-state index in [1.54, 1.807) is 0 Å². The summed E-state index contributed by atoms with van der Waals surface area (Å²) in [5.74, 6) is 0.746. The van der Waals surface area contributed by atoms with E-state index >= 15 is 0 Å². The third kappa shape index (κ3) is 4.80. The van der Waals surface area contributed by atoms with Crippen molar-refractivity contribution in [3.63, 3.8) is 0 Å². The second kappa shape index (κ2) is 8.70. The summed E-state index contributed by atoms with van der Waals surface area (Å²) in [5, 5.41) is 0.948. The Kier molecular flexibility index (Phi) is 5.86. The van der Waals surface area contributed by atoms with Gasteiger partial charge in [-0.05, 0) is 55.7 Å². The fourth-order valence-corrected chi connectivity index (χ4v) is 3.93. The van der Waals surface area contributed by atoms with Crippen LogP contribution in [0.25, 0.3) is 11.0 Å². The van der Waals surface area contributed by atoms with Gasteiger partial charge in [0.1, 0.15) is 11.3 Å². The first-order valence-corrected chi connectivity index (χ1v) is 10.3. The van der Waals surface area contributed by atoms with Crippen LogP contribution in [0.2, 0.25) is 0 Å². The molecule has 0 aliphatic carbocycles. The summed E-state index contributed by atoms with van der Waals surface area (Å²) < 4.78 is 11.2. The lowest BCUT2D eigenvalue weighted by Crippen LogP contribution is -2.46. The Hall–Kier alpha value is -2.79. The molecule has 0 atom stereocenters. The zero-order chi connectivity index (χ0) is 20.2. The first-order chi connectivity index (χ1) is 14.1. The third-order valence-corrected chi connectivity index (χ3v) is 5.55. The molecule has 0 N–H and O–H groups in total. The maximum absolute atomic E-state index is 11.6. The Labute approximate surface area is 171 Å². The number of nitrogens with zero attached hydrogens (tertiary/aromatic N) is 2. The highest BCUT2D eigenvalue weighted by Crippen LogP contribution is 2.22. The van der Waals surface area contributed by atoms with Gasteiger partial charge in [0.25, 0.3) is 0 Å². The van der Waals surface area contributed by atoms with E-state index in [0.717, 1.165) is 55.8 Å². The highest BCUT2D eigenvalue weighted by Gasteiger charge is 2.16. The largest absolute Gasteiger partial charge is 0.493 e. The molecule has 1 aliphatic heterocycles. The zero-order valence-electron chi connectivity index (χ0n) is 17.2. The molecule has 1 aromatic heterocycles. The van der Waals surface area contributed by atoms with Gasteiger partial charge in [0, 0.05) is 55.9 Å². The fraction of sp³-hybridized carbons (Fsp3) is 0.375. The molecule has 4 rings (SSSR count). The number of piperazine rings is 1. The standard InChI is InChI=1S/C24H28N2O3/c1-18-5-3-6-20(15-18)26-12-10-25(11-13-26)9-4-14-28-21-7-8-22-19(2)16-24(27)29-23(22)17-21/h3,5-8,15-17H,4,9-14H2,1-2H3. The van der Waals surface area contributed by atoms with E-state index in [4.69, 9.17) is 9.15 Å². The molecule has 2 aromatic carbocycles. The highest BCUT2D eigenvalue weighted by molar-refractivity contribution is 5.81. The molecule has 0 unspecified atom stereocenters. The minimum atomic E-state index is -0.322. The molecule has 1 saturated heterocycles. The van der Waals surface area contributed by atoms with Crippen LogP contribution in [-0.4, -0.2) is 44.2 Å². The van der Waals surface area contributed by atoms with Crippen molar-refractivity contribution in [3.8, 4) is 5.75 Å². The van der Waals surface area contributed by atoms with Crippen molar-refractivity contribution < 1.29 is 9.15 Å². The average molecular weight is 392 g/mol. The highest BCUT2D eigenvalue weighted by atomic mass is 16.5. The smallest absolute Gasteiger partial charge is 0.336 e. The Morgan fingerprint density at radius 2 is 1.83 bits per heavy atom. The molecule has 0 radical (unpaired) electrons. The lowest BCUT2D eigenvalue weighted by molar-refractivity contribution is 0.225. The van der Waals surface area contributed by atoms with Gasteiger partial charge in [-0.2, -0.15) is 0 Å². The first kappa shape index (κ1) is 19.5.